The molecule has 0 saturated heterocycles. The molecule has 3 rings (SSSR count). The zero-order chi connectivity index (χ0) is 18.4. The average molecular weight is 354 g/mol. The van der Waals surface area contributed by atoms with Crippen LogP contribution in [0.5, 0.6) is 0 Å². The number of aromatic nitrogens is 2. The molecule has 0 saturated carbocycles. The van der Waals surface area contributed by atoms with Crippen molar-refractivity contribution in [2.24, 2.45) is 0 Å². The molecule has 2 N–H and O–H groups in total. The topological polar surface area (TPSA) is 66.9 Å². The molecule has 0 bridgehead atoms. The summed E-state index contributed by atoms with van der Waals surface area (Å²) in [5.41, 5.74) is 1.40. The number of nitrogens with zero attached hydrogens (tertiary/aromatic N) is 2. The molecule has 26 heavy (non-hydrogen) atoms. The first-order valence-corrected chi connectivity index (χ1v) is 8.00. The van der Waals surface area contributed by atoms with Gasteiger partial charge in [-0.1, -0.05) is 12.1 Å². The van der Waals surface area contributed by atoms with Gasteiger partial charge in [-0.25, -0.2) is 8.78 Å². The van der Waals surface area contributed by atoms with E-state index < -0.39 is 11.7 Å². The van der Waals surface area contributed by atoms with Gasteiger partial charge in [0.05, 0.1) is 11.3 Å². The minimum Gasteiger partial charge on any atom is -0.367 e. The van der Waals surface area contributed by atoms with Crippen LogP contribution in [0.25, 0.3) is 11.3 Å². The highest BCUT2D eigenvalue weighted by Gasteiger charge is 2.09. The molecule has 2 aromatic carbocycles. The van der Waals surface area contributed by atoms with E-state index in [0.29, 0.717) is 24.6 Å². The Balaban J connectivity index is 1.49. The number of rotatable bonds is 6. The van der Waals surface area contributed by atoms with Crippen molar-refractivity contribution in [1.29, 1.82) is 0 Å². The second kappa shape index (κ2) is 8.15. The fourth-order valence-electron chi connectivity index (χ4n) is 2.31. The molecule has 0 aliphatic rings. The van der Waals surface area contributed by atoms with Crippen molar-refractivity contribution < 1.29 is 13.6 Å². The summed E-state index contributed by atoms with van der Waals surface area (Å²) < 4.78 is 26.4. The fourth-order valence-corrected chi connectivity index (χ4v) is 2.31. The van der Waals surface area contributed by atoms with Crippen LogP contribution in [0.15, 0.2) is 60.7 Å². The molecule has 0 fully saturated rings. The van der Waals surface area contributed by atoms with Crippen LogP contribution in [0.4, 0.5) is 14.6 Å². The van der Waals surface area contributed by atoms with E-state index >= 15 is 0 Å². The van der Waals surface area contributed by atoms with E-state index in [2.05, 4.69) is 20.8 Å². The van der Waals surface area contributed by atoms with Crippen LogP contribution in [-0.4, -0.2) is 29.2 Å². The largest absolute Gasteiger partial charge is 0.367 e. The Morgan fingerprint density at radius 1 is 0.885 bits per heavy atom. The van der Waals surface area contributed by atoms with Crippen LogP contribution in [0.2, 0.25) is 0 Å². The third-order valence-electron chi connectivity index (χ3n) is 3.64. The SMILES string of the molecule is O=C(NCCNc1ccc(-c2ccc(F)cc2)nn1)c1ccccc1F. The van der Waals surface area contributed by atoms with Crippen LogP contribution in [-0.2, 0) is 0 Å². The van der Waals surface area contributed by atoms with Crippen LogP contribution in [0.3, 0.4) is 0 Å². The van der Waals surface area contributed by atoms with Crippen molar-refractivity contribution in [3.05, 3.63) is 77.9 Å². The summed E-state index contributed by atoms with van der Waals surface area (Å²) in [7, 11) is 0. The van der Waals surface area contributed by atoms with Gasteiger partial charge in [0.25, 0.3) is 5.91 Å². The number of hydrogen-bond acceptors (Lipinski definition) is 4. The van der Waals surface area contributed by atoms with Crippen molar-refractivity contribution in [2.75, 3.05) is 18.4 Å². The maximum absolute atomic E-state index is 13.5. The minimum atomic E-state index is -0.555. The second-order valence-electron chi connectivity index (χ2n) is 5.47. The summed E-state index contributed by atoms with van der Waals surface area (Å²) in [5.74, 6) is -0.795. The molecule has 132 valence electrons. The number of carbonyl (C=O) groups is 1. The van der Waals surface area contributed by atoms with E-state index in [9.17, 15) is 13.6 Å². The normalized spacial score (nSPS) is 10.4. The van der Waals surface area contributed by atoms with E-state index in [0.717, 1.165) is 5.56 Å². The van der Waals surface area contributed by atoms with E-state index in [1.165, 1.54) is 30.3 Å². The highest BCUT2D eigenvalue weighted by atomic mass is 19.1. The van der Waals surface area contributed by atoms with Crippen LogP contribution < -0.4 is 10.6 Å². The van der Waals surface area contributed by atoms with E-state index in [-0.39, 0.29) is 11.4 Å². The monoisotopic (exact) mass is 354 g/mol. The molecular weight excluding hydrogens is 338 g/mol. The summed E-state index contributed by atoms with van der Waals surface area (Å²) in [6.07, 6.45) is 0. The Hall–Kier alpha value is -3.35. The van der Waals surface area contributed by atoms with E-state index in [1.807, 2.05) is 0 Å². The second-order valence-corrected chi connectivity index (χ2v) is 5.47. The van der Waals surface area contributed by atoms with Crippen LogP contribution in [0, 0.1) is 11.6 Å². The third kappa shape index (κ3) is 4.38. The summed E-state index contributed by atoms with van der Waals surface area (Å²) >= 11 is 0. The Morgan fingerprint density at radius 2 is 1.65 bits per heavy atom. The molecule has 7 heteroatoms. The van der Waals surface area contributed by atoms with Gasteiger partial charge in [-0.3, -0.25) is 4.79 Å². The Kier molecular flexibility index (Phi) is 5.48. The van der Waals surface area contributed by atoms with Gasteiger partial charge in [-0.2, -0.15) is 0 Å². The number of benzene rings is 2. The smallest absolute Gasteiger partial charge is 0.254 e. The van der Waals surface area contributed by atoms with Crippen molar-refractivity contribution in [1.82, 2.24) is 15.5 Å². The molecule has 0 radical (unpaired) electrons. The molecule has 3 aromatic rings. The zero-order valence-corrected chi connectivity index (χ0v) is 13.7. The summed E-state index contributed by atoms with van der Waals surface area (Å²) in [4.78, 5) is 11.9. The van der Waals surface area contributed by atoms with Crippen LogP contribution in [0.1, 0.15) is 10.4 Å². The Labute approximate surface area is 149 Å². The fraction of sp³-hybridized carbons (Fsp3) is 0.105. The van der Waals surface area contributed by atoms with Crippen molar-refractivity contribution >= 4 is 11.7 Å². The number of anilines is 1. The summed E-state index contributed by atoms with van der Waals surface area (Å²) in [6.45, 7) is 0.708. The van der Waals surface area contributed by atoms with E-state index in [1.54, 1.807) is 30.3 Å². The lowest BCUT2D eigenvalue weighted by molar-refractivity contribution is 0.0951. The zero-order valence-electron chi connectivity index (χ0n) is 13.7. The van der Waals surface area contributed by atoms with E-state index in [4.69, 9.17) is 0 Å². The highest BCUT2D eigenvalue weighted by molar-refractivity contribution is 5.94. The van der Waals surface area contributed by atoms with Gasteiger partial charge >= 0.3 is 0 Å². The number of amides is 1. The first-order chi connectivity index (χ1) is 12.6. The maximum atomic E-state index is 13.5. The molecule has 1 aromatic heterocycles. The average Bonchev–Trinajstić information content (AvgIpc) is 2.66. The predicted octanol–water partition coefficient (Wildman–Crippen LogP) is 3.26. The third-order valence-corrected chi connectivity index (χ3v) is 3.64. The maximum Gasteiger partial charge on any atom is 0.254 e. The molecule has 0 aliphatic heterocycles. The molecular formula is C19H16F2N4O. The molecule has 0 unspecified atom stereocenters. The number of halogens is 2. The number of carbonyl (C=O) groups excluding carboxylic acids is 1. The molecule has 1 heterocycles. The minimum absolute atomic E-state index is 0.0101. The van der Waals surface area contributed by atoms with Gasteiger partial charge < -0.3 is 10.6 Å². The Bertz CT molecular complexity index is 883. The first-order valence-electron chi connectivity index (χ1n) is 8.00. The van der Waals surface area contributed by atoms with Gasteiger partial charge in [0, 0.05) is 18.7 Å². The van der Waals surface area contributed by atoms with Gasteiger partial charge in [0.2, 0.25) is 0 Å². The van der Waals surface area contributed by atoms with Crippen molar-refractivity contribution in [2.45, 2.75) is 0 Å². The molecule has 0 spiro atoms. The standard InChI is InChI=1S/C19H16F2N4O/c20-14-7-5-13(6-8-14)17-9-10-18(25-24-17)22-11-12-23-19(26)15-3-1-2-4-16(15)21/h1-10H,11-12H2,(H,22,25)(H,23,26). The van der Waals surface area contributed by atoms with Gasteiger partial charge in [0.1, 0.15) is 17.5 Å². The summed E-state index contributed by atoms with van der Waals surface area (Å²) in [5, 5.41) is 13.8. The van der Waals surface area contributed by atoms with Gasteiger partial charge in [-0.15, -0.1) is 10.2 Å². The van der Waals surface area contributed by atoms with Gasteiger partial charge in [-0.05, 0) is 48.5 Å². The van der Waals surface area contributed by atoms with Crippen molar-refractivity contribution in [3.63, 3.8) is 0 Å². The number of nitrogens with one attached hydrogen (secondary N) is 2. The predicted molar refractivity (Wildman–Crippen MR) is 94.6 cm³/mol. The summed E-state index contributed by atoms with van der Waals surface area (Å²) in [6, 6.07) is 15.3. The molecule has 5 nitrogen and oxygen atoms in total. The quantitative estimate of drug-likeness (QED) is 0.667. The molecule has 0 atom stereocenters. The lowest BCUT2D eigenvalue weighted by Crippen LogP contribution is -2.29. The Morgan fingerprint density at radius 3 is 2.35 bits per heavy atom. The van der Waals surface area contributed by atoms with Crippen molar-refractivity contribution in [3.8, 4) is 11.3 Å². The first kappa shape index (κ1) is 17.5. The lowest BCUT2D eigenvalue weighted by atomic mass is 10.1. The van der Waals surface area contributed by atoms with Gasteiger partial charge in [0.15, 0.2) is 0 Å². The lowest BCUT2D eigenvalue weighted by Gasteiger charge is -2.08. The molecule has 0 aliphatic carbocycles. The molecule has 1 amide bonds. The van der Waals surface area contributed by atoms with Crippen LogP contribution >= 0.6 is 0 Å². The number of hydrogen-bond donors (Lipinski definition) is 2. The highest BCUT2D eigenvalue weighted by Crippen LogP contribution is 2.17.